The number of ether oxygens (including phenoxy) is 1. The van der Waals surface area contributed by atoms with Crippen molar-refractivity contribution in [3.63, 3.8) is 0 Å². The maximum Gasteiger partial charge on any atom is 0.343 e. The Morgan fingerprint density at radius 2 is 1.64 bits per heavy atom. The molecule has 0 spiro atoms. The van der Waals surface area contributed by atoms with Crippen LogP contribution in [0.4, 0.5) is 0 Å². The number of hydrogen-bond donors (Lipinski definition) is 0. The van der Waals surface area contributed by atoms with Crippen LogP contribution in [0.15, 0.2) is 65.2 Å². The zero-order valence-corrected chi connectivity index (χ0v) is 16.5. The number of unbranched alkanes of at least 4 members (excludes halogenated alkanes) is 1. The van der Waals surface area contributed by atoms with Crippen molar-refractivity contribution < 1.29 is 22.7 Å². The predicted octanol–water partition coefficient (Wildman–Crippen LogP) is 3.61. The molecule has 0 fully saturated rings. The zero-order valence-electron chi connectivity index (χ0n) is 15.7. The smallest absolute Gasteiger partial charge is 0.343 e. The second-order valence-electron chi connectivity index (χ2n) is 6.42. The largest absolute Gasteiger partial charge is 0.420 e. The van der Waals surface area contributed by atoms with Crippen LogP contribution >= 0.6 is 0 Å². The molecule has 28 heavy (non-hydrogen) atoms. The minimum absolute atomic E-state index is 0.0203. The lowest BCUT2D eigenvalue weighted by Crippen LogP contribution is -2.38. The molecule has 2 aromatic rings. The number of rotatable bonds is 6. The lowest BCUT2D eigenvalue weighted by Gasteiger charge is -2.32. The third-order valence-electron chi connectivity index (χ3n) is 4.42. The quantitative estimate of drug-likeness (QED) is 0.693. The molecule has 0 unspecified atom stereocenters. The normalized spacial score (nSPS) is 15.1. The van der Waals surface area contributed by atoms with E-state index in [9.17, 15) is 18.0 Å². The zero-order chi connectivity index (χ0) is 20.3. The average Bonchev–Trinajstić information content (AvgIpc) is 2.69. The number of allylic oxidation sites excluding steroid dienone is 1. The summed E-state index contributed by atoms with van der Waals surface area (Å²) in [6.45, 7) is 3.33. The van der Waals surface area contributed by atoms with Gasteiger partial charge in [-0.1, -0.05) is 43.7 Å². The molecular formula is C21H21NO5S. The number of nitrogens with zero attached hydrogens (tertiary/aromatic N) is 1. The highest BCUT2D eigenvalue weighted by molar-refractivity contribution is 7.89. The van der Waals surface area contributed by atoms with E-state index in [4.69, 9.17) is 4.74 Å². The van der Waals surface area contributed by atoms with E-state index in [1.165, 1.54) is 13.0 Å². The minimum Gasteiger partial charge on any atom is -0.420 e. The van der Waals surface area contributed by atoms with E-state index in [1.807, 2.05) is 6.92 Å². The third kappa shape index (κ3) is 3.57. The van der Waals surface area contributed by atoms with Crippen LogP contribution < -0.4 is 0 Å². The fourth-order valence-electron chi connectivity index (χ4n) is 3.06. The molecule has 0 bridgehead atoms. The number of carbonyl (C=O) groups excluding carboxylic acids is 2. The molecule has 0 radical (unpaired) electrons. The summed E-state index contributed by atoms with van der Waals surface area (Å²) in [6, 6.07) is 14.6. The first-order chi connectivity index (χ1) is 13.4. The van der Waals surface area contributed by atoms with Gasteiger partial charge in [0.05, 0.1) is 10.5 Å². The molecule has 0 N–H and O–H groups in total. The molecule has 3 rings (SSSR count). The second kappa shape index (κ2) is 7.98. The maximum atomic E-state index is 13.1. The van der Waals surface area contributed by atoms with Crippen LogP contribution in [0.25, 0.3) is 5.76 Å². The van der Waals surface area contributed by atoms with E-state index in [0.717, 1.165) is 10.7 Å². The summed E-state index contributed by atoms with van der Waals surface area (Å²) >= 11 is 0. The summed E-state index contributed by atoms with van der Waals surface area (Å²) in [7, 11) is -3.92. The number of fused-ring (bicyclic) bond motifs is 1. The van der Waals surface area contributed by atoms with Gasteiger partial charge in [0.1, 0.15) is 5.70 Å². The van der Waals surface area contributed by atoms with Crippen LogP contribution in [0, 0.1) is 0 Å². The van der Waals surface area contributed by atoms with Gasteiger partial charge in [-0.25, -0.2) is 13.2 Å². The molecule has 1 heterocycles. The van der Waals surface area contributed by atoms with Gasteiger partial charge in [0.25, 0.3) is 10.0 Å². The van der Waals surface area contributed by atoms with Crippen molar-refractivity contribution in [2.75, 3.05) is 6.54 Å². The second-order valence-corrected chi connectivity index (χ2v) is 8.25. The summed E-state index contributed by atoms with van der Waals surface area (Å²) < 4.78 is 32.9. The first-order valence-corrected chi connectivity index (χ1v) is 10.5. The molecule has 0 aromatic heterocycles. The van der Waals surface area contributed by atoms with Crippen molar-refractivity contribution in [1.82, 2.24) is 4.31 Å². The Kier molecular flexibility index (Phi) is 5.65. The molecular weight excluding hydrogens is 378 g/mol. The van der Waals surface area contributed by atoms with E-state index in [1.54, 1.807) is 48.5 Å². The fourth-order valence-corrected chi connectivity index (χ4v) is 4.81. The number of sulfonamides is 1. The molecule has 7 heteroatoms. The topological polar surface area (TPSA) is 80.8 Å². The van der Waals surface area contributed by atoms with Crippen LogP contribution in [0.3, 0.4) is 0 Å². The molecule has 0 aliphatic carbocycles. The number of ketones is 1. The lowest BCUT2D eigenvalue weighted by molar-refractivity contribution is -0.114. The lowest BCUT2D eigenvalue weighted by atomic mass is 10.1. The van der Waals surface area contributed by atoms with E-state index < -0.39 is 21.8 Å². The number of Topliss-reactive ketones (excluding diaryl/α,β-unsaturated/α-hetero) is 1. The van der Waals surface area contributed by atoms with Crippen LogP contribution in [-0.2, 0) is 19.6 Å². The molecule has 6 nitrogen and oxygen atoms in total. The summed E-state index contributed by atoms with van der Waals surface area (Å²) in [5, 5.41) is 0. The summed E-state index contributed by atoms with van der Waals surface area (Å²) in [5.74, 6) is -1.16. The predicted molar refractivity (Wildman–Crippen MR) is 105 cm³/mol. The van der Waals surface area contributed by atoms with Crippen molar-refractivity contribution >= 4 is 27.5 Å². The Morgan fingerprint density at radius 3 is 2.29 bits per heavy atom. The fraction of sp³-hybridized carbons (Fsp3) is 0.238. The van der Waals surface area contributed by atoms with Crippen molar-refractivity contribution in [1.29, 1.82) is 0 Å². The average molecular weight is 399 g/mol. The van der Waals surface area contributed by atoms with Crippen LogP contribution in [0.5, 0.6) is 0 Å². The summed E-state index contributed by atoms with van der Waals surface area (Å²) in [6.07, 6.45) is 1.32. The van der Waals surface area contributed by atoms with E-state index >= 15 is 0 Å². The SMILES string of the molecule is CCCCN1C(C(C)=O)=C(OC(=O)c2ccccc2)c2ccccc2S1(=O)=O. The molecule has 1 aliphatic rings. The van der Waals surface area contributed by atoms with Gasteiger partial charge in [0.2, 0.25) is 0 Å². The number of benzene rings is 2. The number of esters is 1. The first kappa shape index (κ1) is 19.8. The van der Waals surface area contributed by atoms with Gasteiger partial charge in [-0.05, 0) is 30.7 Å². The Morgan fingerprint density at radius 1 is 1.00 bits per heavy atom. The molecule has 0 amide bonds. The number of hydrogen-bond acceptors (Lipinski definition) is 5. The molecule has 1 aliphatic heterocycles. The van der Waals surface area contributed by atoms with Crippen molar-refractivity contribution in [3.8, 4) is 0 Å². The molecule has 0 saturated carbocycles. The molecule has 0 saturated heterocycles. The molecule has 146 valence electrons. The van der Waals surface area contributed by atoms with Crippen LogP contribution in [0.1, 0.15) is 42.6 Å². The van der Waals surface area contributed by atoms with E-state index in [0.29, 0.717) is 12.0 Å². The van der Waals surface area contributed by atoms with Gasteiger partial charge in [0, 0.05) is 19.0 Å². The van der Waals surface area contributed by atoms with Gasteiger partial charge in [-0.3, -0.25) is 9.10 Å². The summed E-state index contributed by atoms with van der Waals surface area (Å²) in [4.78, 5) is 25.1. The van der Waals surface area contributed by atoms with Crippen molar-refractivity contribution in [3.05, 3.63) is 71.4 Å². The first-order valence-electron chi connectivity index (χ1n) is 9.02. The van der Waals surface area contributed by atoms with Gasteiger partial charge >= 0.3 is 5.97 Å². The van der Waals surface area contributed by atoms with E-state index in [2.05, 4.69) is 0 Å². The summed E-state index contributed by atoms with van der Waals surface area (Å²) in [5.41, 5.74) is 0.407. The Labute approximate surface area is 164 Å². The van der Waals surface area contributed by atoms with Gasteiger partial charge < -0.3 is 4.74 Å². The van der Waals surface area contributed by atoms with Crippen LogP contribution in [0.2, 0.25) is 0 Å². The van der Waals surface area contributed by atoms with Gasteiger partial charge in [-0.15, -0.1) is 0 Å². The highest BCUT2D eigenvalue weighted by atomic mass is 32.2. The maximum absolute atomic E-state index is 13.1. The monoisotopic (exact) mass is 399 g/mol. The van der Waals surface area contributed by atoms with Gasteiger partial charge in [-0.2, -0.15) is 0 Å². The minimum atomic E-state index is -3.92. The highest BCUT2D eigenvalue weighted by Crippen LogP contribution is 2.38. The molecule has 0 atom stereocenters. The number of carbonyl (C=O) groups is 2. The Balaban J connectivity index is 2.19. The van der Waals surface area contributed by atoms with Crippen molar-refractivity contribution in [2.45, 2.75) is 31.6 Å². The molecule has 2 aromatic carbocycles. The third-order valence-corrected chi connectivity index (χ3v) is 6.27. The standard InChI is InChI=1S/C21H21NO5S/c1-3-4-14-22-19(15(2)23)20(27-21(24)16-10-6-5-7-11-16)17-12-8-9-13-18(17)28(22,25)26/h5-13H,3-4,14H2,1-2H3. The Hall–Kier alpha value is -2.93. The van der Waals surface area contributed by atoms with Crippen molar-refractivity contribution in [2.24, 2.45) is 0 Å². The highest BCUT2D eigenvalue weighted by Gasteiger charge is 2.40. The Bertz CT molecular complexity index is 1040. The van der Waals surface area contributed by atoms with Crippen LogP contribution in [-0.4, -0.2) is 31.0 Å². The van der Waals surface area contributed by atoms with E-state index in [-0.39, 0.29) is 28.5 Å². The van der Waals surface area contributed by atoms with Gasteiger partial charge in [0.15, 0.2) is 11.5 Å².